The number of thiophene rings is 1. The summed E-state index contributed by atoms with van der Waals surface area (Å²) in [6.45, 7) is 9.25. The maximum absolute atomic E-state index is 13.6. The molecule has 1 saturated heterocycles. The van der Waals surface area contributed by atoms with E-state index in [9.17, 15) is 18.0 Å². The molecule has 7 nitrogen and oxygen atoms in total. The molecule has 2 amide bonds. The van der Waals surface area contributed by atoms with Gasteiger partial charge in [-0.25, -0.2) is 8.42 Å². The molecule has 2 heterocycles. The normalized spacial score (nSPS) is 15.1. The fourth-order valence-electron chi connectivity index (χ4n) is 4.36. The van der Waals surface area contributed by atoms with E-state index in [1.807, 2.05) is 72.3 Å². The van der Waals surface area contributed by atoms with E-state index in [1.165, 1.54) is 15.6 Å². The molecule has 1 aromatic carbocycles. The SMILES string of the molecule is CCS(=O)(=O)N(CC(=O)N(Cc1ccc(C)cc1)C1CCN(C(=O)c2cccs2)CC1)CC(C)C. The maximum Gasteiger partial charge on any atom is 0.263 e. The molecule has 1 aromatic heterocycles. The summed E-state index contributed by atoms with van der Waals surface area (Å²) in [5, 5.41) is 1.90. The highest BCUT2D eigenvalue weighted by Crippen LogP contribution is 2.23. The van der Waals surface area contributed by atoms with Gasteiger partial charge in [0, 0.05) is 32.2 Å². The Bertz CT molecular complexity index is 1070. The Labute approximate surface area is 213 Å². The molecule has 35 heavy (non-hydrogen) atoms. The Morgan fingerprint density at radius 2 is 1.77 bits per heavy atom. The first-order valence-corrected chi connectivity index (χ1v) is 14.7. The Balaban J connectivity index is 1.77. The minimum atomic E-state index is -3.50. The number of aryl methyl sites for hydroxylation is 1. The second kappa shape index (κ2) is 12.1. The van der Waals surface area contributed by atoms with E-state index >= 15 is 0 Å². The van der Waals surface area contributed by atoms with Gasteiger partial charge in [-0.05, 0) is 49.6 Å². The summed E-state index contributed by atoms with van der Waals surface area (Å²) in [5.41, 5.74) is 2.15. The molecule has 9 heteroatoms. The van der Waals surface area contributed by atoms with Gasteiger partial charge >= 0.3 is 0 Å². The van der Waals surface area contributed by atoms with E-state index < -0.39 is 10.0 Å². The summed E-state index contributed by atoms with van der Waals surface area (Å²) in [6.07, 6.45) is 1.33. The standard InChI is InChI=1S/C26H37N3O4S2/c1-5-35(32,33)28(17-20(2)3)19-25(30)29(18-22-10-8-21(4)9-11-22)23-12-14-27(15-13-23)26(31)24-7-6-16-34-24/h6-11,16,20,23H,5,12-15,17-19H2,1-4H3. The van der Waals surface area contributed by atoms with Crippen LogP contribution in [0.1, 0.15) is 54.4 Å². The van der Waals surface area contributed by atoms with Gasteiger partial charge in [-0.3, -0.25) is 9.59 Å². The summed E-state index contributed by atoms with van der Waals surface area (Å²) in [5.74, 6) is -0.0757. The fraction of sp³-hybridized carbons (Fsp3) is 0.538. The predicted octanol–water partition coefficient (Wildman–Crippen LogP) is 4.00. The number of likely N-dealkylation sites (tertiary alicyclic amines) is 1. The van der Waals surface area contributed by atoms with Crippen molar-refractivity contribution in [2.75, 3.05) is 31.9 Å². The highest BCUT2D eigenvalue weighted by molar-refractivity contribution is 7.89. The number of hydrogen-bond donors (Lipinski definition) is 0. The fourth-order valence-corrected chi connectivity index (χ4v) is 6.24. The average molecular weight is 520 g/mol. The summed E-state index contributed by atoms with van der Waals surface area (Å²) in [7, 11) is -3.50. The quantitative estimate of drug-likeness (QED) is 0.475. The van der Waals surface area contributed by atoms with Gasteiger partial charge in [-0.2, -0.15) is 4.31 Å². The van der Waals surface area contributed by atoms with Crippen molar-refractivity contribution in [2.45, 2.75) is 53.1 Å². The van der Waals surface area contributed by atoms with Gasteiger partial charge in [-0.1, -0.05) is 49.7 Å². The second-order valence-corrected chi connectivity index (χ2v) is 12.8. The van der Waals surface area contributed by atoms with Crippen molar-refractivity contribution in [3.63, 3.8) is 0 Å². The highest BCUT2D eigenvalue weighted by atomic mass is 32.2. The van der Waals surface area contributed by atoms with E-state index in [0.717, 1.165) is 16.0 Å². The Hall–Kier alpha value is -2.23. The lowest BCUT2D eigenvalue weighted by Gasteiger charge is -2.39. The van der Waals surface area contributed by atoms with Crippen molar-refractivity contribution < 1.29 is 18.0 Å². The topological polar surface area (TPSA) is 78.0 Å². The molecule has 1 fully saturated rings. The van der Waals surface area contributed by atoms with E-state index in [1.54, 1.807) is 6.92 Å². The molecular formula is C26H37N3O4S2. The number of carbonyl (C=O) groups excluding carboxylic acids is 2. The van der Waals surface area contributed by atoms with Crippen LogP contribution in [0, 0.1) is 12.8 Å². The molecule has 0 unspecified atom stereocenters. The zero-order chi connectivity index (χ0) is 25.6. The van der Waals surface area contributed by atoms with Crippen LogP contribution in [-0.4, -0.2) is 72.3 Å². The van der Waals surface area contributed by atoms with Crippen LogP contribution in [0.25, 0.3) is 0 Å². The van der Waals surface area contributed by atoms with Gasteiger partial charge in [0.15, 0.2) is 0 Å². The van der Waals surface area contributed by atoms with Crippen LogP contribution in [0.5, 0.6) is 0 Å². The Morgan fingerprint density at radius 3 is 2.31 bits per heavy atom. The van der Waals surface area contributed by atoms with Crippen molar-refractivity contribution in [3.8, 4) is 0 Å². The van der Waals surface area contributed by atoms with E-state index in [0.29, 0.717) is 39.0 Å². The molecule has 0 radical (unpaired) electrons. The van der Waals surface area contributed by atoms with Crippen LogP contribution < -0.4 is 0 Å². The number of nitrogens with zero attached hydrogens (tertiary/aromatic N) is 3. The molecule has 0 atom stereocenters. The van der Waals surface area contributed by atoms with Crippen molar-refractivity contribution >= 4 is 33.2 Å². The lowest BCUT2D eigenvalue weighted by Crippen LogP contribution is -2.51. The summed E-state index contributed by atoms with van der Waals surface area (Å²) >= 11 is 1.44. The van der Waals surface area contributed by atoms with Crippen molar-refractivity contribution in [2.24, 2.45) is 5.92 Å². The van der Waals surface area contributed by atoms with Gasteiger partial charge in [0.05, 0.1) is 17.2 Å². The van der Waals surface area contributed by atoms with Gasteiger partial charge in [-0.15, -0.1) is 11.3 Å². The highest BCUT2D eigenvalue weighted by Gasteiger charge is 2.33. The second-order valence-electron chi connectivity index (χ2n) is 9.59. The number of rotatable bonds is 10. The minimum Gasteiger partial charge on any atom is -0.338 e. The lowest BCUT2D eigenvalue weighted by molar-refractivity contribution is -0.135. The molecule has 1 aliphatic heterocycles. The van der Waals surface area contributed by atoms with Gasteiger partial charge < -0.3 is 9.80 Å². The van der Waals surface area contributed by atoms with Crippen LogP contribution in [0.15, 0.2) is 41.8 Å². The van der Waals surface area contributed by atoms with Crippen LogP contribution in [0.4, 0.5) is 0 Å². The predicted molar refractivity (Wildman–Crippen MR) is 141 cm³/mol. The molecule has 0 bridgehead atoms. The maximum atomic E-state index is 13.6. The van der Waals surface area contributed by atoms with Crippen LogP contribution in [0.2, 0.25) is 0 Å². The molecule has 2 aromatic rings. The number of piperidine rings is 1. The van der Waals surface area contributed by atoms with Crippen LogP contribution in [-0.2, 0) is 21.4 Å². The number of sulfonamides is 1. The third-order valence-corrected chi connectivity index (χ3v) is 9.01. The molecule has 3 rings (SSSR count). The Morgan fingerprint density at radius 1 is 1.11 bits per heavy atom. The van der Waals surface area contributed by atoms with Crippen molar-refractivity contribution in [1.82, 2.24) is 14.1 Å². The van der Waals surface area contributed by atoms with E-state index in [2.05, 4.69) is 0 Å². The smallest absolute Gasteiger partial charge is 0.263 e. The molecule has 0 aliphatic carbocycles. The van der Waals surface area contributed by atoms with Gasteiger partial charge in [0.1, 0.15) is 0 Å². The summed E-state index contributed by atoms with van der Waals surface area (Å²) < 4.78 is 26.7. The largest absolute Gasteiger partial charge is 0.338 e. The first-order chi connectivity index (χ1) is 16.6. The van der Waals surface area contributed by atoms with Crippen LogP contribution >= 0.6 is 11.3 Å². The van der Waals surface area contributed by atoms with Crippen LogP contribution in [0.3, 0.4) is 0 Å². The monoisotopic (exact) mass is 519 g/mol. The average Bonchev–Trinajstić information content (AvgIpc) is 3.37. The lowest BCUT2D eigenvalue weighted by atomic mass is 10.0. The minimum absolute atomic E-state index is 0.0335. The van der Waals surface area contributed by atoms with E-state index in [4.69, 9.17) is 0 Å². The summed E-state index contributed by atoms with van der Waals surface area (Å²) in [6, 6.07) is 11.7. The first kappa shape index (κ1) is 27.4. The van der Waals surface area contributed by atoms with Crippen molar-refractivity contribution in [3.05, 3.63) is 57.8 Å². The molecule has 0 saturated carbocycles. The third-order valence-electron chi connectivity index (χ3n) is 6.36. The number of benzene rings is 1. The molecular weight excluding hydrogens is 482 g/mol. The molecule has 0 N–H and O–H groups in total. The summed E-state index contributed by atoms with van der Waals surface area (Å²) in [4.78, 5) is 30.8. The first-order valence-electron chi connectivity index (χ1n) is 12.3. The van der Waals surface area contributed by atoms with Gasteiger partial charge in [0.25, 0.3) is 5.91 Å². The number of amides is 2. The molecule has 1 aliphatic rings. The Kier molecular flexibility index (Phi) is 9.49. The zero-order valence-electron chi connectivity index (χ0n) is 21.1. The number of carbonyl (C=O) groups is 2. The van der Waals surface area contributed by atoms with E-state index in [-0.39, 0.29) is 36.1 Å². The zero-order valence-corrected chi connectivity index (χ0v) is 22.8. The van der Waals surface area contributed by atoms with Gasteiger partial charge in [0.2, 0.25) is 15.9 Å². The number of hydrogen-bond acceptors (Lipinski definition) is 5. The molecule has 0 spiro atoms. The molecule has 192 valence electrons. The van der Waals surface area contributed by atoms with Crippen molar-refractivity contribution in [1.29, 1.82) is 0 Å². The third kappa shape index (κ3) is 7.38.